The van der Waals surface area contributed by atoms with Crippen LogP contribution in [0.4, 0.5) is 5.82 Å². The van der Waals surface area contributed by atoms with Crippen molar-refractivity contribution in [1.82, 2.24) is 9.97 Å². The first-order valence-corrected chi connectivity index (χ1v) is 10.5. The minimum Gasteiger partial charge on any atom is -0.495 e. The van der Waals surface area contributed by atoms with Crippen LogP contribution in [0.3, 0.4) is 0 Å². The highest BCUT2D eigenvalue weighted by Crippen LogP contribution is 2.27. The van der Waals surface area contributed by atoms with E-state index in [0.29, 0.717) is 12.2 Å². The minimum atomic E-state index is -0.928. The first-order chi connectivity index (χ1) is 14.5. The molecule has 7 heteroatoms. The number of aliphatic carboxylic acids is 1. The number of anilines is 1. The number of hydrogen-bond acceptors (Lipinski definition) is 6. The van der Waals surface area contributed by atoms with Crippen LogP contribution in [0.25, 0.3) is 0 Å². The number of aromatic nitrogens is 2. The van der Waals surface area contributed by atoms with Gasteiger partial charge in [0.1, 0.15) is 17.4 Å². The molecule has 2 aromatic heterocycles. The fourth-order valence-electron chi connectivity index (χ4n) is 3.80. The Hall–Kier alpha value is -2.96. The van der Waals surface area contributed by atoms with Crippen molar-refractivity contribution in [3.05, 3.63) is 47.4 Å². The Balaban J connectivity index is 1.48. The van der Waals surface area contributed by atoms with Gasteiger partial charge in [-0.25, -0.2) is 4.98 Å². The Morgan fingerprint density at radius 2 is 2.10 bits per heavy atom. The summed E-state index contributed by atoms with van der Waals surface area (Å²) in [6.45, 7) is 0.971. The number of carbonyl (C=O) groups is 2. The molecule has 0 saturated carbocycles. The van der Waals surface area contributed by atoms with Crippen LogP contribution in [-0.2, 0) is 22.4 Å². The molecule has 0 saturated heterocycles. The molecular weight excluding hydrogens is 382 g/mol. The SMILES string of the molecule is COc1cncc([C@@H](CC(=O)O)CC(=O)CCCCc2ccc3c(n2)NCCC3)c1. The van der Waals surface area contributed by atoms with Gasteiger partial charge in [-0.05, 0) is 55.4 Å². The molecule has 2 aromatic rings. The lowest BCUT2D eigenvalue weighted by Crippen LogP contribution is -2.14. The lowest BCUT2D eigenvalue weighted by Gasteiger charge is -2.17. The van der Waals surface area contributed by atoms with E-state index in [4.69, 9.17) is 4.74 Å². The molecule has 0 aromatic carbocycles. The molecule has 0 bridgehead atoms. The predicted octanol–water partition coefficient (Wildman–Crippen LogP) is 3.77. The molecule has 7 nitrogen and oxygen atoms in total. The summed E-state index contributed by atoms with van der Waals surface area (Å²) in [7, 11) is 1.53. The van der Waals surface area contributed by atoms with E-state index >= 15 is 0 Å². The summed E-state index contributed by atoms with van der Waals surface area (Å²) in [5.41, 5.74) is 3.04. The van der Waals surface area contributed by atoms with Gasteiger partial charge in [-0.1, -0.05) is 6.07 Å². The summed E-state index contributed by atoms with van der Waals surface area (Å²) in [6, 6.07) is 5.98. The molecule has 2 N–H and O–H groups in total. The molecule has 30 heavy (non-hydrogen) atoms. The number of carboxylic acid groups (broad SMARTS) is 1. The predicted molar refractivity (Wildman–Crippen MR) is 114 cm³/mol. The smallest absolute Gasteiger partial charge is 0.303 e. The van der Waals surface area contributed by atoms with E-state index in [9.17, 15) is 14.7 Å². The lowest BCUT2D eigenvalue weighted by molar-refractivity contribution is -0.137. The van der Waals surface area contributed by atoms with Crippen LogP contribution in [0.1, 0.15) is 61.3 Å². The number of nitrogens with zero attached hydrogens (tertiary/aromatic N) is 2. The number of hydrogen-bond donors (Lipinski definition) is 2. The van der Waals surface area contributed by atoms with Crippen molar-refractivity contribution in [2.45, 2.75) is 57.3 Å². The summed E-state index contributed by atoms with van der Waals surface area (Å²) in [5, 5.41) is 12.6. The maximum atomic E-state index is 12.5. The second kappa shape index (κ2) is 10.7. The summed E-state index contributed by atoms with van der Waals surface area (Å²) < 4.78 is 5.17. The summed E-state index contributed by atoms with van der Waals surface area (Å²) >= 11 is 0. The van der Waals surface area contributed by atoms with Crippen LogP contribution in [0, 0.1) is 0 Å². The van der Waals surface area contributed by atoms with E-state index < -0.39 is 11.9 Å². The van der Waals surface area contributed by atoms with Crippen molar-refractivity contribution in [2.75, 3.05) is 19.0 Å². The summed E-state index contributed by atoms with van der Waals surface area (Å²) in [6.07, 6.45) is 8.40. The molecular formula is C23H29N3O4. The normalized spacial score (nSPS) is 13.8. The molecule has 0 aliphatic carbocycles. The molecule has 3 heterocycles. The quantitative estimate of drug-likeness (QED) is 0.543. The van der Waals surface area contributed by atoms with Gasteiger partial charge >= 0.3 is 5.97 Å². The Kier molecular flexibility index (Phi) is 7.76. The molecule has 3 rings (SSSR count). The van der Waals surface area contributed by atoms with Gasteiger partial charge in [-0.3, -0.25) is 14.6 Å². The number of ketones is 1. The van der Waals surface area contributed by atoms with Crippen LogP contribution in [-0.4, -0.2) is 40.5 Å². The number of Topliss-reactive ketones (excluding diaryl/α,β-unsaturated/α-hetero) is 1. The zero-order valence-electron chi connectivity index (χ0n) is 17.4. The molecule has 1 atom stereocenters. The van der Waals surface area contributed by atoms with Crippen LogP contribution < -0.4 is 10.1 Å². The van der Waals surface area contributed by atoms with Crippen LogP contribution >= 0.6 is 0 Å². The average Bonchev–Trinajstić information content (AvgIpc) is 2.76. The van der Waals surface area contributed by atoms with Gasteiger partial charge in [-0.2, -0.15) is 0 Å². The number of pyridine rings is 2. The largest absolute Gasteiger partial charge is 0.495 e. The third-order valence-electron chi connectivity index (χ3n) is 5.43. The molecule has 0 unspecified atom stereocenters. The second-order valence-electron chi connectivity index (χ2n) is 7.74. The minimum absolute atomic E-state index is 0.0733. The highest BCUT2D eigenvalue weighted by molar-refractivity contribution is 5.80. The van der Waals surface area contributed by atoms with Gasteiger partial charge in [0.05, 0.1) is 19.7 Å². The Morgan fingerprint density at radius 1 is 1.23 bits per heavy atom. The molecule has 160 valence electrons. The first-order valence-electron chi connectivity index (χ1n) is 10.5. The van der Waals surface area contributed by atoms with Crippen LogP contribution in [0.5, 0.6) is 5.75 Å². The Bertz CT molecular complexity index is 885. The maximum Gasteiger partial charge on any atom is 0.303 e. The van der Waals surface area contributed by atoms with Gasteiger partial charge in [0.15, 0.2) is 0 Å². The molecule has 0 amide bonds. The fraction of sp³-hybridized carbons (Fsp3) is 0.478. The third-order valence-corrected chi connectivity index (χ3v) is 5.43. The molecule has 0 spiro atoms. The van der Waals surface area contributed by atoms with Gasteiger partial charge in [0.2, 0.25) is 0 Å². The second-order valence-corrected chi connectivity index (χ2v) is 7.74. The molecule has 1 aliphatic heterocycles. The van der Waals surface area contributed by atoms with E-state index in [1.165, 1.54) is 12.7 Å². The standard InChI is InChI=1S/C23H29N3O4/c1-30-21-12-18(14-24-15-21)17(13-22(28)29)11-20(27)7-3-2-6-19-9-8-16-5-4-10-25-23(16)26-19/h8-9,12,14-15,17H,2-7,10-11,13H2,1H3,(H,25,26)(H,28,29)/t17-/m1/s1. The lowest BCUT2D eigenvalue weighted by atomic mass is 9.90. The number of fused-ring (bicyclic) bond motifs is 1. The monoisotopic (exact) mass is 411 g/mol. The zero-order valence-corrected chi connectivity index (χ0v) is 17.4. The van der Waals surface area contributed by atoms with Crippen molar-refractivity contribution in [2.24, 2.45) is 0 Å². The van der Waals surface area contributed by atoms with Crippen molar-refractivity contribution in [3.8, 4) is 5.75 Å². The average molecular weight is 412 g/mol. The topological polar surface area (TPSA) is 101 Å². The Labute approximate surface area is 176 Å². The number of methoxy groups -OCH3 is 1. The Morgan fingerprint density at radius 3 is 2.90 bits per heavy atom. The van der Waals surface area contributed by atoms with Crippen molar-refractivity contribution in [1.29, 1.82) is 0 Å². The third kappa shape index (κ3) is 6.27. The number of carbonyl (C=O) groups excluding carboxylic acids is 1. The van der Waals surface area contributed by atoms with Crippen molar-refractivity contribution in [3.63, 3.8) is 0 Å². The first kappa shape index (κ1) is 21.7. The van der Waals surface area contributed by atoms with E-state index in [0.717, 1.165) is 55.7 Å². The number of carboxylic acids is 1. The zero-order chi connectivity index (χ0) is 21.3. The van der Waals surface area contributed by atoms with Crippen LogP contribution in [0.2, 0.25) is 0 Å². The highest BCUT2D eigenvalue weighted by Gasteiger charge is 2.20. The van der Waals surface area contributed by atoms with Gasteiger partial charge < -0.3 is 15.2 Å². The molecule has 0 fully saturated rings. The van der Waals surface area contributed by atoms with E-state index in [1.807, 2.05) is 0 Å². The summed E-state index contributed by atoms with van der Waals surface area (Å²) in [4.78, 5) is 32.5. The van der Waals surface area contributed by atoms with Gasteiger partial charge in [-0.15, -0.1) is 0 Å². The number of unbranched alkanes of at least 4 members (excludes halogenated alkanes) is 1. The number of nitrogens with one attached hydrogen (secondary N) is 1. The fourth-order valence-corrected chi connectivity index (χ4v) is 3.80. The number of rotatable bonds is 11. The number of aryl methyl sites for hydroxylation is 2. The van der Waals surface area contributed by atoms with Gasteiger partial charge in [0.25, 0.3) is 0 Å². The molecule has 0 radical (unpaired) electrons. The van der Waals surface area contributed by atoms with E-state index in [-0.39, 0.29) is 18.6 Å². The number of ether oxygens (including phenoxy) is 1. The van der Waals surface area contributed by atoms with E-state index in [2.05, 4.69) is 27.4 Å². The maximum absolute atomic E-state index is 12.5. The summed E-state index contributed by atoms with van der Waals surface area (Å²) in [5.74, 6) is 0.304. The van der Waals surface area contributed by atoms with Crippen molar-refractivity contribution < 1.29 is 19.4 Å². The van der Waals surface area contributed by atoms with Crippen molar-refractivity contribution >= 4 is 17.6 Å². The molecule has 1 aliphatic rings. The van der Waals surface area contributed by atoms with Gasteiger partial charge in [0, 0.05) is 37.2 Å². The van der Waals surface area contributed by atoms with E-state index in [1.54, 1.807) is 18.5 Å². The van der Waals surface area contributed by atoms with Crippen LogP contribution in [0.15, 0.2) is 30.6 Å². The highest BCUT2D eigenvalue weighted by atomic mass is 16.5.